The van der Waals surface area contributed by atoms with E-state index in [1.807, 2.05) is 53.4 Å². The molecule has 0 fully saturated rings. The molecule has 1 amide bonds. The minimum atomic E-state index is -0.127. The van der Waals surface area contributed by atoms with Crippen molar-refractivity contribution in [1.82, 2.24) is 14.3 Å². The van der Waals surface area contributed by atoms with Gasteiger partial charge in [0, 0.05) is 18.6 Å². The lowest BCUT2D eigenvalue weighted by Gasteiger charge is -2.26. The molecule has 3 aromatic rings. The summed E-state index contributed by atoms with van der Waals surface area (Å²) in [7, 11) is 0. The topological polar surface area (TPSA) is 70.3 Å². The molecule has 1 N–H and O–H groups in total. The van der Waals surface area contributed by atoms with E-state index in [0.717, 1.165) is 11.5 Å². The first kappa shape index (κ1) is 15.3. The van der Waals surface area contributed by atoms with Crippen molar-refractivity contribution < 1.29 is 14.3 Å². The van der Waals surface area contributed by atoms with E-state index in [1.165, 1.54) is 0 Å². The molecular formula is C18H18N4O3. The van der Waals surface area contributed by atoms with Gasteiger partial charge in [-0.05, 0) is 24.3 Å². The summed E-state index contributed by atoms with van der Waals surface area (Å²) in [6.07, 6.45) is 6.99. The summed E-state index contributed by atoms with van der Waals surface area (Å²) < 4.78 is 15.2. The van der Waals surface area contributed by atoms with Gasteiger partial charge >= 0.3 is 0 Å². The first-order chi connectivity index (χ1) is 12.3. The first-order valence-electron chi connectivity index (χ1n) is 8.08. The number of carbonyl (C=O) groups is 1. The second-order valence-corrected chi connectivity index (χ2v) is 5.85. The number of benzene rings is 1. The second-order valence-electron chi connectivity index (χ2n) is 5.85. The maximum Gasteiger partial charge on any atom is 0.244 e. The van der Waals surface area contributed by atoms with Gasteiger partial charge in [0.05, 0.1) is 18.4 Å². The lowest BCUT2D eigenvalue weighted by molar-refractivity contribution is -0.116. The lowest BCUT2D eigenvalue weighted by Crippen LogP contribution is -2.33. The highest BCUT2D eigenvalue weighted by atomic mass is 16.6. The van der Waals surface area contributed by atoms with Crippen LogP contribution in [0.15, 0.2) is 61.2 Å². The normalized spacial score (nSPS) is 15.8. The number of rotatable bonds is 5. The van der Waals surface area contributed by atoms with Gasteiger partial charge in [0.15, 0.2) is 17.6 Å². The molecule has 0 spiro atoms. The molecule has 128 valence electrons. The molecule has 3 heterocycles. The molecule has 0 saturated heterocycles. The SMILES string of the molecule is O=C(Cn1cccc1)Nc1cnn(C[C@H]2COc3ccccc3O2)c1. The molecule has 1 aliphatic rings. The van der Waals surface area contributed by atoms with Gasteiger partial charge in [-0.3, -0.25) is 9.48 Å². The number of anilines is 1. The smallest absolute Gasteiger partial charge is 0.244 e. The predicted molar refractivity (Wildman–Crippen MR) is 91.6 cm³/mol. The molecule has 7 heteroatoms. The number of para-hydroxylation sites is 2. The van der Waals surface area contributed by atoms with Gasteiger partial charge in [-0.1, -0.05) is 12.1 Å². The fourth-order valence-corrected chi connectivity index (χ4v) is 2.73. The van der Waals surface area contributed by atoms with Crippen molar-refractivity contribution in [3.8, 4) is 11.5 Å². The highest BCUT2D eigenvalue weighted by molar-refractivity contribution is 5.90. The number of nitrogens with one attached hydrogen (secondary N) is 1. The Hall–Kier alpha value is -3.22. The molecule has 1 aromatic carbocycles. The maximum atomic E-state index is 12.0. The van der Waals surface area contributed by atoms with Gasteiger partial charge in [-0.25, -0.2) is 0 Å². The third-order valence-corrected chi connectivity index (χ3v) is 3.87. The highest BCUT2D eigenvalue weighted by Gasteiger charge is 2.21. The molecule has 0 aliphatic carbocycles. The molecule has 0 saturated carbocycles. The van der Waals surface area contributed by atoms with E-state index in [1.54, 1.807) is 17.1 Å². The van der Waals surface area contributed by atoms with Gasteiger partial charge in [-0.15, -0.1) is 0 Å². The molecule has 1 atom stereocenters. The van der Waals surface area contributed by atoms with Gasteiger partial charge in [0.25, 0.3) is 0 Å². The molecule has 2 aromatic heterocycles. The summed E-state index contributed by atoms with van der Waals surface area (Å²) in [5.41, 5.74) is 0.661. The summed E-state index contributed by atoms with van der Waals surface area (Å²) in [5, 5.41) is 7.11. The van der Waals surface area contributed by atoms with E-state index >= 15 is 0 Å². The summed E-state index contributed by atoms with van der Waals surface area (Å²) in [6, 6.07) is 11.4. The van der Waals surface area contributed by atoms with Gasteiger partial charge in [0.1, 0.15) is 13.2 Å². The number of hydrogen-bond donors (Lipinski definition) is 1. The fourth-order valence-electron chi connectivity index (χ4n) is 2.73. The van der Waals surface area contributed by atoms with Crippen LogP contribution in [0.2, 0.25) is 0 Å². The van der Waals surface area contributed by atoms with Crippen molar-refractivity contribution >= 4 is 11.6 Å². The molecular weight excluding hydrogens is 320 g/mol. The Labute approximate surface area is 144 Å². The van der Waals surface area contributed by atoms with Crippen molar-refractivity contribution in [2.24, 2.45) is 0 Å². The monoisotopic (exact) mass is 338 g/mol. The summed E-state index contributed by atoms with van der Waals surface area (Å²) >= 11 is 0. The quantitative estimate of drug-likeness (QED) is 0.774. The average molecular weight is 338 g/mol. The van der Waals surface area contributed by atoms with Gasteiger partial charge in [0.2, 0.25) is 5.91 Å². The van der Waals surface area contributed by atoms with E-state index < -0.39 is 0 Å². The van der Waals surface area contributed by atoms with Crippen LogP contribution in [0.1, 0.15) is 0 Å². The van der Waals surface area contributed by atoms with Crippen LogP contribution in [0.5, 0.6) is 11.5 Å². The Kier molecular flexibility index (Phi) is 4.12. The molecule has 0 radical (unpaired) electrons. The van der Waals surface area contributed by atoms with Crippen LogP contribution in [0, 0.1) is 0 Å². The summed E-state index contributed by atoms with van der Waals surface area (Å²) in [6.45, 7) is 1.28. The van der Waals surface area contributed by atoms with Crippen molar-refractivity contribution in [2.75, 3.05) is 11.9 Å². The largest absolute Gasteiger partial charge is 0.486 e. The number of ether oxygens (including phenoxy) is 2. The Bertz CT molecular complexity index is 857. The zero-order valence-corrected chi connectivity index (χ0v) is 13.5. The highest BCUT2D eigenvalue weighted by Crippen LogP contribution is 2.31. The standard InChI is InChI=1S/C18H18N4O3/c23-18(12-21-7-3-4-8-21)20-14-9-19-22(10-14)11-15-13-24-16-5-1-2-6-17(16)25-15/h1-10,15H,11-13H2,(H,20,23)/t15-/m0/s1. The molecule has 25 heavy (non-hydrogen) atoms. The number of hydrogen-bond acceptors (Lipinski definition) is 4. The van der Waals surface area contributed by atoms with E-state index in [2.05, 4.69) is 10.4 Å². The van der Waals surface area contributed by atoms with Crippen molar-refractivity contribution in [3.63, 3.8) is 0 Å². The van der Waals surface area contributed by atoms with E-state index in [9.17, 15) is 4.79 Å². The van der Waals surface area contributed by atoms with Gasteiger partial charge in [-0.2, -0.15) is 5.10 Å². The Morgan fingerprint density at radius 1 is 1.20 bits per heavy atom. The molecule has 7 nitrogen and oxygen atoms in total. The van der Waals surface area contributed by atoms with Crippen LogP contribution in [-0.2, 0) is 17.9 Å². The van der Waals surface area contributed by atoms with Crippen molar-refractivity contribution in [1.29, 1.82) is 0 Å². The van der Waals surface area contributed by atoms with Crippen LogP contribution >= 0.6 is 0 Å². The van der Waals surface area contributed by atoms with Crippen LogP contribution < -0.4 is 14.8 Å². The Balaban J connectivity index is 1.33. The maximum absolute atomic E-state index is 12.0. The molecule has 1 aliphatic heterocycles. The van der Waals surface area contributed by atoms with E-state index in [0.29, 0.717) is 18.8 Å². The molecule has 4 rings (SSSR count). The number of nitrogens with zero attached hydrogens (tertiary/aromatic N) is 3. The van der Waals surface area contributed by atoms with E-state index in [4.69, 9.17) is 9.47 Å². The average Bonchev–Trinajstić information content (AvgIpc) is 3.27. The number of aromatic nitrogens is 3. The lowest BCUT2D eigenvalue weighted by atomic mass is 10.2. The van der Waals surface area contributed by atoms with Crippen molar-refractivity contribution in [3.05, 3.63) is 61.2 Å². The van der Waals surface area contributed by atoms with Crippen molar-refractivity contribution in [2.45, 2.75) is 19.2 Å². The van der Waals surface area contributed by atoms with Crippen LogP contribution in [0.3, 0.4) is 0 Å². The minimum Gasteiger partial charge on any atom is -0.486 e. The Morgan fingerprint density at radius 2 is 2.00 bits per heavy atom. The number of amides is 1. The first-order valence-corrected chi connectivity index (χ1v) is 8.08. The summed E-state index contributed by atoms with van der Waals surface area (Å²) in [4.78, 5) is 12.0. The number of carbonyl (C=O) groups excluding carboxylic acids is 1. The third kappa shape index (κ3) is 3.65. The fraction of sp³-hybridized carbons (Fsp3) is 0.222. The van der Waals surface area contributed by atoms with Gasteiger partial charge < -0.3 is 19.4 Å². The van der Waals surface area contributed by atoms with Crippen LogP contribution in [0.25, 0.3) is 0 Å². The second kappa shape index (κ2) is 6.72. The molecule has 0 unspecified atom stereocenters. The minimum absolute atomic E-state index is 0.0954. The zero-order chi connectivity index (χ0) is 17.1. The van der Waals surface area contributed by atoms with Crippen LogP contribution in [-0.4, -0.2) is 33.0 Å². The Morgan fingerprint density at radius 3 is 2.84 bits per heavy atom. The van der Waals surface area contributed by atoms with Crippen LogP contribution in [0.4, 0.5) is 5.69 Å². The van der Waals surface area contributed by atoms with E-state index in [-0.39, 0.29) is 18.6 Å². The third-order valence-electron chi connectivity index (χ3n) is 3.87. The zero-order valence-electron chi connectivity index (χ0n) is 13.5. The predicted octanol–water partition coefficient (Wildman–Crippen LogP) is 2.16. The summed E-state index contributed by atoms with van der Waals surface area (Å²) in [5.74, 6) is 1.41. The molecule has 0 bridgehead atoms. The number of fused-ring (bicyclic) bond motifs is 1.